The van der Waals surface area contributed by atoms with Gasteiger partial charge in [-0.25, -0.2) is 4.99 Å². The van der Waals surface area contributed by atoms with E-state index in [2.05, 4.69) is 15.6 Å². The number of benzene rings is 2. The third-order valence-electron chi connectivity index (χ3n) is 7.33. The summed E-state index contributed by atoms with van der Waals surface area (Å²) in [4.78, 5) is 43.7. The Labute approximate surface area is 249 Å². The summed E-state index contributed by atoms with van der Waals surface area (Å²) in [5.41, 5.74) is 7.84. The number of halogens is 6. The molecule has 0 bridgehead atoms. The van der Waals surface area contributed by atoms with Gasteiger partial charge in [-0.05, 0) is 51.2 Å². The Balaban J connectivity index is 1.69. The van der Waals surface area contributed by atoms with E-state index in [4.69, 9.17) is 10.5 Å². The topological polar surface area (TPSA) is 123 Å². The number of amides is 3. The highest BCUT2D eigenvalue weighted by atomic mass is 19.4. The number of nitrogens with one attached hydrogen (secondary N) is 2. The Morgan fingerprint density at radius 1 is 1.02 bits per heavy atom. The fraction of sp³-hybridized carbons (Fsp3) is 0.467. The number of ether oxygens (including phenoxy) is 1. The van der Waals surface area contributed by atoms with E-state index in [0.717, 1.165) is 18.4 Å². The number of aryl methyl sites for hydroxylation is 1. The van der Waals surface area contributed by atoms with E-state index in [0.29, 0.717) is 22.6 Å². The first-order valence-electron chi connectivity index (χ1n) is 14.1. The number of hydrogen-bond acceptors (Lipinski definition) is 5. The first-order valence-corrected chi connectivity index (χ1v) is 14.1. The first kappa shape index (κ1) is 32.8. The van der Waals surface area contributed by atoms with Crippen LogP contribution in [0.15, 0.2) is 47.5 Å². The van der Waals surface area contributed by atoms with E-state index >= 15 is 0 Å². The van der Waals surface area contributed by atoms with Gasteiger partial charge in [-0.2, -0.15) is 26.3 Å². The number of para-hydroxylation sites is 1. The van der Waals surface area contributed by atoms with Gasteiger partial charge in [0.05, 0.1) is 17.5 Å². The van der Waals surface area contributed by atoms with Crippen molar-refractivity contribution in [3.8, 4) is 5.75 Å². The molecule has 0 spiro atoms. The summed E-state index contributed by atoms with van der Waals surface area (Å²) in [7, 11) is 0. The van der Waals surface area contributed by atoms with Crippen molar-refractivity contribution in [1.82, 2.24) is 5.32 Å². The molecule has 238 valence electrons. The highest BCUT2D eigenvalue weighted by Crippen LogP contribution is 2.37. The minimum Gasteiger partial charge on any atom is -0.488 e. The Morgan fingerprint density at radius 3 is 2.32 bits per heavy atom. The summed E-state index contributed by atoms with van der Waals surface area (Å²) in [5, 5.41) is 5.07. The predicted octanol–water partition coefficient (Wildman–Crippen LogP) is 5.56. The molecule has 0 aromatic heterocycles. The van der Waals surface area contributed by atoms with Crippen molar-refractivity contribution >= 4 is 29.1 Å². The van der Waals surface area contributed by atoms with Crippen LogP contribution in [0, 0.1) is 18.8 Å². The molecule has 2 aromatic carbocycles. The molecule has 4 rings (SSSR count). The van der Waals surface area contributed by atoms with Crippen molar-refractivity contribution in [1.29, 1.82) is 0 Å². The highest BCUT2D eigenvalue weighted by molar-refractivity contribution is 6.20. The largest absolute Gasteiger partial charge is 0.488 e. The van der Waals surface area contributed by atoms with Crippen LogP contribution in [0.5, 0.6) is 5.75 Å². The Hall–Kier alpha value is -4.10. The van der Waals surface area contributed by atoms with E-state index in [9.17, 15) is 40.7 Å². The van der Waals surface area contributed by atoms with Crippen molar-refractivity contribution in [2.24, 2.45) is 22.6 Å². The molecule has 0 unspecified atom stereocenters. The maximum Gasteiger partial charge on any atom is 0.389 e. The average Bonchev–Trinajstić information content (AvgIpc) is 3.74. The molecule has 1 aliphatic heterocycles. The fourth-order valence-corrected chi connectivity index (χ4v) is 5.03. The lowest BCUT2D eigenvalue weighted by molar-refractivity contribution is -0.147. The number of anilines is 1. The van der Waals surface area contributed by atoms with E-state index < -0.39 is 80.2 Å². The fourth-order valence-electron chi connectivity index (χ4n) is 5.03. The maximum absolute atomic E-state index is 13.5. The molecule has 2 aliphatic rings. The monoisotopic (exact) mass is 626 g/mol. The van der Waals surface area contributed by atoms with E-state index in [1.807, 2.05) is 13.0 Å². The average molecular weight is 627 g/mol. The van der Waals surface area contributed by atoms with E-state index in [1.165, 1.54) is 0 Å². The molecule has 3 atom stereocenters. The van der Waals surface area contributed by atoms with Gasteiger partial charge >= 0.3 is 12.4 Å². The summed E-state index contributed by atoms with van der Waals surface area (Å²) in [6, 6.07) is 12.2. The number of carbonyl (C=O) groups is 3. The lowest BCUT2D eigenvalue weighted by Gasteiger charge is -2.26. The van der Waals surface area contributed by atoms with Crippen molar-refractivity contribution in [2.45, 2.75) is 76.5 Å². The molecule has 8 nitrogen and oxygen atoms in total. The molecule has 4 N–H and O–H groups in total. The third-order valence-corrected chi connectivity index (χ3v) is 7.33. The second kappa shape index (κ2) is 13.3. The van der Waals surface area contributed by atoms with Gasteiger partial charge in [0.1, 0.15) is 5.75 Å². The normalized spacial score (nSPS) is 18.3. The van der Waals surface area contributed by atoms with Gasteiger partial charge in [0.2, 0.25) is 18.0 Å². The molecule has 2 aromatic rings. The zero-order valence-corrected chi connectivity index (χ0v) is 23.7. The summed E-state index contributed by atoms with van der Waals surface area (Å²) < 4.78 is 83.7. The predicted molar refractivity (Wildman–Crippen MR) is 149 cm³/mol. The van der Waals surface area contributed by atoms with Crippen LogP contribution in [0.25, 0.3) is 0 Å². The number of nitrogens with two attached hydrogens (primary N) is 1. The van der Waals surface area contributed by atoms with Crippen molar-refractivity contribution < 1.29 is 45.5 Å². The number of hydrogen-bond donors (Lipinski definition) is 3. The van der Waals surface area contributed by atoms with Crippen LogP contribution in [0.3, 0.4) is 0 Å². The van der Waals surface area contributed by atoms with Crippen LogP contribution >= 0.6 is 0 Å². The van der Waals surface area contributed by atoms with Gasteiger partial charge in [0.25, 0.3) is 5.91 Å². The minimum atomic E-state index is -4.71. The number of primary amides is 1. The van der Waals surface area contributed by atoms with Crippen LogP contribution < -0.4 is 21.1 Å². The van der Waals surface area contributed by atoms with E-state index in [1.54, 1.807) is 36.4 Å². The second-order valence-corrected chi connectivity index (χ2v) is 11.0. The number of alkyl halides is 6. The summed E-state index contributed by atoms with van der Waals surface area (Å²) in [5.74, 6) is -6.27. The minimum absolute atomic E-state index is 0.0311. The zero-order chi connectivity index (χ0) is 32.2. The smallest absolute Gasteiger partial charge is 0.389 e. The first-order chi connectivity index (χ1) is 20.6. The molecule has 1 fully saturated rings. The van der Waals surface area contributed by atoms with Crippen LogP contribution in [0.2, 0.25) is 0 Å². The number of nitrogens with zero attached hydrogens (tertiary/aromatic N) is 1. The quantitative estimate of drug-likeness (QED) is 0.267. The highest BCUT2D eigenvalue weighted by Gasteiger charge is 2.39. The van der Waals surface area contributed by atoms with Gasteiger partial charge in [-0.15, -0.1) is 0 Å². The van der Waals surface area contributed by atoms with Gasteiger partial charge in [-0.1, -0.05) is 35.9 Å². The SMILES string of the molecule is Cc1cccc(C2=N[C@H](NC(=O)[C@@H](CCCC(F)(F)F)[C@@H](CCC(F)(F)F)C(N)=O)C(=O)Nc3c(OC4CC4)cccc32)c1. The van der Waals surface area contributed by atoms with Crippen LogP contribution in [0.1, 0.15) is 61.6 Å². The van der Waals surface area contributed by atoms with Crippen molar-refractivity contribution in [2.75, 3.05) is 5.32 Å². The molecule has 1 aliphatic carbocycles. The van der Waals surface area contributed by atoms with Gasteiger partial charge in [0.15, 0.2) is 0 Å². The lowest BCUT2D eigenvalue weighted by atomic mass is 9.83. The third kappa shape index (κ3) is 8.96. The van der Waals surface area contributed by atoms with Gasteiger partial charge < -0.3 is 21.1 Å². The van der Waals surface area contributed by atoms with Gasteiger partial charge in [-0.3, -0.25) is 14.4 Å². The van der Waals surface area contributed by atoms with Crippen LogP contribution in [0.4, 0.5) is 32.0 Å². The van der Waals surface area contributed by atoms with Crippen molar-refractivity contribution in [3.63, 3.8) is 0 Å². The summed E-state index contributed by atoms with van der Waals surface area (Å²) in [6.07, 6.45) is -14.3. The standard InChI is InChI=1S/C30H32F6N4O4/c1-16-5-2-6-17(15-16)23-21-7-3-9-22(44-18-10-11-18)24(21)39-28(43)26(38-23)40-27(42)20(8-4-13-29(31,32)33)19(25(37)41)12-14-30(34,35)36/h2-3,5-7,9,15,18-20,26H,4,8,10-14H2,1H3,(H2,37,41)(H,39,43)(H,40,42)/t19-,20+,26-/m1/s1. The lowest BCUT2D eigenvalue weighted by Crippen LogP contribution is -2.48. The molecule has 0 radical (unpaired) electrons. The molecular weight excluding hydrogens is 594 g/mol. The maximum atomic E-state index is 13.5. The van der Waals surface area contributed by atoms with Crippen LogP contribution in [-0.4, -0.2) is 48.1 Å². The molecule has 1 saturated carbocycles. The van der Waals surface area contributed by atoms with Gasteiger partial charge in [0, 0.05) is 35.8 Å². The number of benzodiazepines with no additional fused rings is 1. The van der Waals surface area contributed by atoms with E-state index in [-0.39, 0.29) is 11.8 Å². The Morgan fingerprint density at radius 2 is 1.70 bits per heavy atom. The summed E-state index contributed by atoms with van der Waals surface area (Å²) >= 11 is 0. The second-order valence-electron chi connectivity index (χ2n) is 11.0. The molecule has 14 heteroatoms. The molecular formula is C30H32F6N4O4. The zero-order valence-electron chi connectivity index (χ0n) is 23.7. The number of rotatable bonds is 12. The molecule has 0 saturated heterocycles. The molecule has 44 heavy (non-hydrogen) atoms. The molecule has 3 amide bonds. The van der Waals surface area contributed by atoms with Crippen LogP contribution in [-0.2, 0) is 14.4 Å². The number of aliphatic imine (C=N–C) groups is 1. The molecule has 1 heterocycles. The Bertz CT molecular complexity index is 1420. The summed E-state index contributed by atoms with van der Waals surface area (Å²) in [6.45, 7) is 1.84. The Kier molecular flexibility index (Phi) is 9.89. The van der Waals surface area contributed by atoms with Crippen molar-refractivity contribution in [3.05, 3.63) is 59.2 Å². The number of fused-ring (bicyclic) bond motifs is 1. The number of carbonyl (C=O) groups excluding carboxylic acids is 3.